The molecule has 27 heavy (non-hydrogen) atoms. The van der Waals surface area contributed by atoms with E-state index in [-0.39, 0.29) is 4.90 Å². The standard InChI is InChI=1S/C20H18N2O3S2/c1-15-9-11-17(12-10-15)27(23,24)25-22-20-8-5-13-26(20)19(14-21)18-7-4-3-6-16(18)2/h3-4,6-13,19,26H,1-2H3. The van der Waals surface area contributed by atoms with Crippen LogP contribution in [0.5, 0.6) is 0 Å². The highest BCUT2D eigenvalue weighted by molar-refractivity contribution is 8.33. The highest BCUT2D eigenvalue weighted by atomic mass is 32.2. The first-order valence-electron chi connectivity index (χ1n) is 8.17. The van der Waals surface area contributed by atoms with Gasteiger partial charge < -0.3 is 0 Å². The molecule has 1 heterocycles. The average molecular weight is 399 g/mol. The molecule has 0 N–H and O–H groups in total. The van der Waals surface area contributed by atoms with Gasteiger partial charge in [0, 0.05) is 11.5 Å². The molecular weight excluding hydrogens is 380 g/mol. The summed E-state index contributed by atoms with van der Waals surface area (Å²) in [5.41, 5.74) is 5.77. The SMILES string of the molecule is Cc1ccc(S(=O)(=O)ON=C2C=C=C[SH]2C(C#N)c2ccccc2C)cc1. The molecule has 1 aliphatic heterocycles. The van der Waals surface area contributed by atoms with E-state index < -0.39 is 26.3 Å². The van der Waals surface area contributed by atoms with E-state index in [0.29, 0.717) is 5.04 Å². The van der Waals surface area contributed by atoms with Gasteiger partial charge in [0.2, 0.25) is 0 Å². The van der Waals surface area contributed by atoms with Crippen molar-refractivity contribution in [3.05, 3.63) is 82.4 Å². The third-order valence-electron chi connectivity index (χ3n) is 4.11. The highest BCUT2D eigenvalue weighted by Crippen LogP contribution is 2.48. The molecule has 0 aromatic heterocycles. The normalized spacial score (nSPS) is 19.7. The molecule has 0 amide bonds. The number of nitriles is 1. The summed E-state index contributed by atoms with van der Waals surface area (Å²) in [6.45, 7) is 3.81. The summed E-state index contributed by atoms with van der Waals surface area (Å²) in [6, 6.07) is 16.3. The number of hydrogen-bond donors (Lipinski definition) is 1. The number of rotatable bonds is 5. The molecule has 0 spiro atoms. The van der Waals surface area contributed by atoms with Crippen molar-refractivity contribution in [2.24, 2.45) is 5.16 Å². The monoisotopic (exact) mass is 398 g/mol. The van der Waals surface area contributed by atoms with Gasteiger partial charge in [-0.2, -0.15) is 24.6 Å². The van der Waals surface area contributed by atoms with Crippen molar-refractivity contribution in [3.8, 4) is 6.07 Å². The molecular formula is C20H18N2O3S2. The van der Waals surface area contributed by atoms with Gasteiger partial charge in [-0.3, -0.25) is 4.28 Å². The van der Waals surface area contributed by atoms with Gasteiger partial charge in [-0.15, -0.1) is 5.73 Å². The average Bonchev–Trinajstić information content (AvgIpc) is 3.11. The summed E-state index contributed by atoms with van der Waals surface area (Å²) in [5.74, 6) is 0. The van der Waals surface area contributed by atoms with Crippen LogP contribution < -0.4 is 0 Å². The molecule has 0 radical (unpaired) electrons. The molecule has 0 fully saturated rings. The number of hydrogen-bond acceptors (Lipinski definition) is 5. The van der Waals surface area contributed by atoms with Gasteiger partial charge >= 0.3 is 10.1 Å². The Balaban J connectivity index is 1.86. The van der Waals surface area contributed by atoms with Crippen LogP contribution in [0.15, 0.2) is 75.8 Å². The van der Waals surface area contributed by atoms with E-state index in [2.05, 4.69) is 17.0 Å². The lowest BCUT2D eigenvalue weighted by Gasteiger charge is -2.21. The minimum Gasteiger partial charge on any atom is -0.264 e. The summed E-state index contributed by atoms with van der Waals surface area (Å²) in [4.78, 5) is 0.0347. The number of benzene rings is 2. The molecule has 0 aliphatic carbocycles. The fourth-order valence-corrected chi connectivity index (χ4v) is 5.27. The largest absolute Gasteiger partial charge is 0.358 e. The first kappa shape index (κ1) is 19.0. The maximum absolute atomic E-state index is 12.3. The molecule has 2 atom stereocenters. The minimum absolute atomic E-state index is 0.0347. The van der Waals surface area contributed by atoms with Gasteiger partial charge in [0.15, 0.2) is 0 Å². The van der Waals surface area contributed by atoms with E-state index in [4.69, 9.17) is 4.28 Å². The number of oxime groups is 1. The van der Waals surface area contributed by atoms with Gasteiger partial charge in [0.1, 0.15) is 15.2 Å². The topological polar surface area (TPSA) is 79.5 Å². The Morgan fingerprint density at radius 2 is 1.85 bits per heavy atom. The number of nitrogens with zero attached hydrogens (tertiary/aromatic N) is 2. The van der Waals surface area contributed by atoms with E-state index in [1.54, 1.807) is 23.6 Å². The molecule has 2 aromatic rings. The fraction of sp³-hybridized carbons (Fsp3) is 0.150. The van der Waals surface area contributed by atoms with Crippen molar-refractivity contribution < 1.29 is 12.7 Å². The van der Waals surface area contributed by atoms with Crippen molar-refractivity contribution in [1.29, 1.82) is 5.26 Å². The van der Waals surface area contributed by atoms with Gasteiger partial charge in [-0.05, 0) is 37.1 Å². The maximum Gasteiger partial charge on any atom is 0.358 e. The summed E-state index contributed by atoms with van der Waals surface area (Å²) >= 11 is 0. The lowest BCUT2D eigenvalue weighted by atomic mass is 10.1. The number of aryl methyl sites for hydroxylation is 2. The molecule has 0 saturated carbocycles. The Hall–Kier alpha value is -2.78. The van der Waals surface area contributed by atoms with Crippen molar-refractivity contribution >= 4 is 26.1 Å². The van der Waals surface area contributed by atoms with Crippen molar-refractivity contribution in [2.45, 2.75) is 24.0 Å². The Morgan fingerprint density at radius 1 is 1.15 bits per heavy atom. The first-order valence-corrected chi connectivity index (χ1v) is 11.1. The van der Waals surface area contributed by atoms with Crippen LogP contribution in [0.4, 0.5) is 0 Å². The lowest BCUT2D eigenvalue weighted by Crippen LogP contribution is -2.07. The Labute approximate surface area is 161 Å². The highest BCUT2D eigenvalue weighted by Gasteiger charge is 2.26. The summed E-state index contributed by atoms with van der Waals surface area (Å²) in [6.07, 6.45) is 1.57. The molecule has 0 bridgehead atoms. The fourth-order valence-electron chi connectivity index (χ4n) is 2.62. The van der Waals surface area contributed by atoms with Crippen LogP contribution in [-0.2, 0) is 14.4 Å². The smallest absolute Gasteiger partial charge is 0.264 e. The maximum atomic E-state index is 12.3. The number of thiol groups is 1. The van der Waals surface area contributed by atoms with Crippen molar-refractivity contribution in [1.82, 2.24) is 0 Å². The van der Waals surface area contributed by atoms with Crippen LogP contribution in [0.3, 0.4) is 0 Å². The van der Waals surface area contributed by atoms with Gasteiger partial charge in [0.05, 0.1) is 6.07 Å². The van der Waals surface area contributed by atoms with E-state index in [1.807, 2.05) is 38.1 Å². The summed E-state index contributed by atoms with van der Waals surface area (Å²) in [5, 5.41) is 15.3. The van der Waals surface area contributed by atoms with E-state index in [1.165, 1.54) is 12.1 Å². The minimum atomic E-state index is -4.01. The predicted octanol–water partition coefficient (Wildman–Crippen LogP) is 4.27. The van der Waals surface area contributed by atoms with Gasteiger partial charge in [-0.1, -0.05) is 47.1 Å². The van der Waals surface area contributed by atoms with Crippen LogP contribution >= 0.6 is 10.9 Å². The van der Waals surface area contributed by atoms with Gasteiger partial charge in [0.25, 0.3) is 0 Å². The van der Waals surface area contributed by atoms with Crippen LogP contribution in [0.1, 0.15) is 21.9 Å². The zero-order valence-electron chi connectivity index (χ0n) is 14.8. The quantitative estimate of drug-likeness (QED) is 0.463. The second kappa shape index (κ2) is 7.85. The van der Waals surface area contributed by atoms with Crippen LogP contribution in [0.2, 0.25) is 0 Å². The molecule has 5 nitrogen and oxygen atoms in total. The summed E-state index contributed by atoms with van der Waals surface area (Å²) < 4.78 is 29.6. The van der Waals surface area contributed by atoms with E-state index in [9.17, 15) is 13.7 Å². The zero-order chi connectivity index (χ0) is 19.4. The van der Waals surface area contributed by atoms with Crippen LogP contribution in [-0.4, -0.2) is 13.5 Å². The van der Waals surface area contributed by atoms with Crippen LogP contribution in [0, 0.1) is 25.2 Å². The molecule has 2 unspecified atom stereocenters. The van der Waals surface area contributed by atoms with E-state index >= 15 is 0 Å². The molecule has 1 aliphatic rings. The third-order valence-corrected chi connectivity index (χ3v) is 7.35. The molecule has 2 aromatic carbocycles. The lowest BCUT2D eigenvalue weighted by molar-refractivity contribution is 0.340. The molecule has 0 saturated heterocycles. The Bertz CT molecular complexity index is 1090. The van der Waals surface area contributed by atoms with Crippen LogP contribution in [0.25, 0.3) is 0 Å². The van der Waals surface area contributed by atoms with Crippen molar-refractivity contribution in [3.63, 3.8) is 0 Å². The molecule has 138 valence electrons. The van der Waals surface area contributed by atoms with Gasteiger partial charge in [-0.25, -0.2) is 0 Å². The van der Waals surface area contributed by atoms with E-state index in [0.717, 1.165) is 16.7 Å². The Morgan fingerprint density at radius 3 is 2.52 bits per heavy atom. The predicted molar refractivity (Wildman–Crippen MR) is 108 cm³/mol. The molecule has 7 heteroatoms. The first-order chi connectivity index (χ1) is 12.9. The summed E-state index contributed by atoms with van der Waals surface area (Å²) in [7, 11) is -5.20. The Kier molecular flexibility index (Phi) is 5.52. The second-order valence-electron chi connectivity index (χ2n) is 6.03. The molecule has 3 rings (SSSR count). The third kappa shape index (κ3) is 4.15. The zero-order valence-corrected chi connectivity index (χ0v) is 16.5. The van der Waals surface area contributed by atoms with Crippen molar-refractivity contribution in [2.75, 3.05) is 0 Å². The second-order valence-corrected chi connectivity index (χ2v) is 9.60.